The first-order chi connectivity index (χ1) is 17.5. The second kappa shape index (κ2) is 9.10. The highest BCUT2D eigenvalue weighted by atomic mass is 16.5. The van der Waals surface area contributed by atoms with Crippen LogP contribution < -0.4 is 10.3 Å². The molecule has 2 aliphatic rings. The van der Waals surface area contributed by atoms with Crippen LogP contribution in [0.15, 0.2) is 59.4 Å². The number of phenolic OH excluding ortho intramolecular Hbond substituents is 1. The van der Waals surface area contributed by atoms with Gasteiger partial charge in [0.05, 0.1) is 12.6 Å². The number of aromatic nitrogens is 2. The third-order valence-corrected chi connectivity index (χ3v) is 7.56. The molecule has 2 aromatic heterocycles. The second-order valence-corrected chi connectivity index (χ2v) is 10.1. The van der Waals surface area contributed by atoms with Crippen molar-refractivity contribution in [2.45, 2.75) is 45.8 Å². The Morgan fingerprint density at radius 1 is 1.08 bits per heavy atom. The number of phenols is 1. The SMILES string of the molecule is COc1cccc(O)c1CN1CCc2c(cc(-c3cccc4nc(C)ccc34)c(=O)n2CC2CC2)C1. The third-order valence-electron chi connectivity index (χ3n) is 7.56. The van der Waals surface area contributed by atoms with Gasteiger partial charge in [0.15, 0.2) is 0 Å². The first-order valence-electron chi connectivity index (χ1n) is 12.7. The average Bonchev–Trinajstić information content (AvgIpc) is 3.70. The van der Waals surface area contributed by atoms with Gasteiger partial charge in [0, 0.05) is 60.5 Å². The maximum absolute atomic E-state index is 13.9. The molecule has 0 saturated heterocycles. The lowest BCUT2D eigenvalue weighted by atomic mass is 9.96. The molecule has 2 aromatic carbocycles. The van der Waals surface area contributed by atoms with Crippen LogP contribution in [-0.2, 0) is 26.1 Å². The Morgan fingerprint density at radius 3 is 2.72 bits per heavy atom. The van der Waals surface area contributed by atoms with Crippen molar-refractivity contribution in [3.8, 4) is 22.6 Å². The molecule has 0 spiro atoms. The lowest BCUT2D eigenvalue weighted by Crippen LogP contribution is -2.36. The molecule has 184 valence electrons. The molecule has 0 amide bonds. The van der Waals surface area contributed by atoms with Crippen LogP contribution in [0.3, 0.4) is 0 Å². The van der Waals surface area contributed by atoms with Crippen molar-refractivity contribution in [3.63, 3.8) is 0 Å². The molecule has 0 atom stereocenters. The number of aryl methyl sites for hydroxylation is 1. The predicted molar refractivity (Wildman–Crippen MR) is 141 cm³/mol. The van der Waals surface area contributed by atoms with Crippen LogP contribution in [0.5, 0.6) is 11.5 Å². The van der Waals surface area contributed by atoms with Gasteiger partial charge in [0.2, 0.25) is 0 Å². The zero-order chi connectivity index (χ0) is 24.8. The normalized spacial score (nSPS) is 15.7. The average molecular weight is 482 g/mol. The molecule has 36 heavy (non-hydrogen) atoms. The van der Waals surface area contributed by atoms with E-state index in [0.29, 0.717) is 24.8 Å². The van der Waals surface area contributed by atoms with Crippen molar-refractivity contribution in [1.82, 2.24) is 14.5 Å². The first-order valence-corrected chi connectivity index (χ1v) is 12.7. The number of hydrogen-bond acceptors (Lipinski definition) is 5. The van der Waals surface area contributed by atoms with Crippen LogP contribution in [0, 0.1) is 12.8 Å². The lowest BCUT2D eigenvalue weighted by molar-refractivity contribution is 0.232. The summed E-state index contributed by atoms with van der Waals surface area (Å²) in [5.41, 5.74) is 6.80. The first kappa shape index (κ1) is 22.8. The summed E-state index contributed by atoms with van der Waals surface area (Å²) in [6, 6.07) is 17.6. The van der Waals surface area contributed by atoms with E-state index in [1.165, 1.54) is 18.4 Å². The van der Waals surface area contributed by atoms with E-state index in [0.717, 1.165) is 58.5 Å². The number of rotatable bonds is 6. The number of methoxy groups -OCH3 is 1. The van der Waals surface area contributed by atoms with Crippen LogP contribution in [-0.4, -0.2) is 33.2 Å². The summed E-state index contributed by atoms with van der Waals surface area (Å²) in [5, 5.41) is 11.5. The fraction of sp³-hybridized carbons (Fsp3) is 0.333. The lowest BCUT2D eigenvalue weighted by Gasteiger charge is -2.31. The quantitative estimate of drug-likeness (QED) is 0.417. The summed E-state index contributed by atoms with van der Waals surface area (Å²) < 4.78 is 7.57. The summed E-state index contributed by atoms with van der Waals surface area (Å²) in [4.78, 5) is 20.9. The zero-order valence-corrected chi connectivity index (χ0v) is 20.8. The molecule has 1 saturated carbocycles. The van der Waals surface area contributed by atoms with Gasteiger partial charge in [-0.05, 0) is 67.1 Å². The minimum Gasteiger partial charge on any atom is -0.507 e. The number of aromatic hydroxyl groups is 1. The number of pyridine rings is 2. The summed E-state index contributed by atoms with van der Waals surface area (Å²) in [6.07, 6.45) is 3.20. The predicted octanol–water partition coefficient (Wildman–Crippen LogP) is 5.05. The molecule has 4 aromatic rings. The van der Waals surface area contributed by atoms with Crippen LogP contribution in [0.1, 0.15) is 35.4 Å². The highest BCUT2D eigenvalue weighted by Gasteiger charge is 2.28. The Hall–Kier alpha value is -3.64. The smallest absolute Gasteiger partial charge is 0.258 e. The van der Waals surface area contributed by atoms with Crippen LogP contribution in [0.2, 0.25) is 0 Å². The molecule has 0 bridgehead atoms. The van der Waals surface area contributed by atoms with E-state index in [-0.39, 0.29) is 11.3 Å². The topological polar surface area (TPSA) is 67.6 Å². The van der Waals surface area contributed by atoms with E-state index in [2.05, 4.69) is 21.6 Å². The minimum atomic E-state index is 0.101. The molecular weight excluding hydrogens is 450 g/mol. The third kappa shape index (κ3) is 4.16. The molecule has 6 rings (SSSR count). The van der Waals surface area contributed by atoms with Crippen LogP contribution in [0.25, 0.3) is 22.0 Å². The van der Waals surface area contributed by atoms with E-state index in [1.807, 2.05) is 37.3 Å². The molecule has 6 nitrogen and oxygen atoms in total. The molecule has 1 N–H and O–H groups in total. The second-order valence-electron chi connectivity index (χ2n) is 10.1. The van der Waals surface area contributed by atoms with Crippen molar-refractivity contribution >= 4 is 10.9 Å². The van der Waals surface area contributed by atoms with Crippen molar-refractivity contribution in [1.29, 1.82) is 0 Å². The molecule has 0 radical (unpaired) electrons. The molecule has 1 aliphatic heterocycles. The molecule has 0 unspecified atom stereocenters. The van der Waals surface area contributed by atoms with Gasteiger partial charge in [-0.15, -0.1) is 0 Å². The maximum Gasteiger partial charge on any atom is 0.258 e. The standard InChI is InChI=1S/C30H31N3O3/c1-19-9-12-23-22(5-3-6-26(23)31-19)24-15-21-17-32(18-25-28(34)7-4-8-29(25)36-2)14-13-27(21)33(30(24)35)16-20-10-11-20/h3-9,12,15,20,34H,10-11,13-14,16-18H2,1-2H3. The Balaban J connectivity index is 1.43. The van der Waals surface area contributed by atoms with Crippen molar-refractivity contribution in [3.05, 3.63) is 87.5 Å². The van der Waals surface area contributed by atoms with Crippen molar-refractivity contribution < 1.29 is 9.84 Å². The summed E-state index contributed by atoms with van der Waals surface area (Å²) in [7, 11) is 1.63. The largest absolute Gasteiger partial charge is 0.507 e. The highest BCUT2D eigenvalue weighted by molar-refractivity contribution is 5.94. The minimum absolute atomic E-state index is 0.101. The molecule has 3 heterocycles. The van der Waals surface area contributed by atoms with E-state index in [1.54, 1.807) is 19.2 Å². The monoisotopic (exact) mass is 481 g/mol. The number of fused-ring (bicyclic) bond motifs is 2. The van der Waals surface area contributed by atoms with Crippen LogP contribution >= 0.6 is 0 Å². The maximum atomic E-state index is 13.9. The number of benzene rings is 2. The zero-order valence-electron chi connectivity index (χ0n) is 20.8. The van der Waals surface area contributed by atoms with E-state index >= 15 is 0 Å². The fourth-order valence-corrected chi connectivity index (χ4v) is 5.48. The van der Waals surface area contributed by atoms with Gasteiger partial charge in [-0.3, -0.25) is 14.7 Å². The summed E-state index contributed by atoms with van der Waals surface area (Å²) in [6.45, 7) is 4.91. The van der Waals surface area contributed by atoms with E-state index in [9.17, 15) is 9.90 Å². The molecule has 1 fully saturated rings. The van der Waals surface area contributed by atoms with Crippen molar-refractivity contribution in [2.75, 3.05) is 13.7 Å². The Labute approximate surface area is 210 Å². The molecule has 1 aliphatic carbocycles. The number of nitrogens with zero attached hydrogens (tertiary/aromatic N) is 3. The van der Waals surface area contributed by atoms with Gasteiger partial charge < -0.3 is 14.4 Å². The molecular formula is C30H31N3O3. The van der Waals surface area contributed by atoms with Gasteiger partial charge in [0.1, 0.15) is 11.5 Å². The van der Waals surface area contributed by atoms with E-state index in [4.69, 9.17) is 9.72 Å². The van der Waals surface area contributed by atoms with E-state index < -0.39 is 0 Å². The Kier molecular flexibility index (Phi) is 5.76. The summed E-state index contributed by atoms with van der Waals surface area (Å²) >= 11 is 0. The Bertz CT molecular complexity index is 1520. The Morgan fingerprint density at radius 2 is 1.92 bits per heavy atom. The van der Waals surface area contributed by atoms with Crippen molar-refractivity contribution in [2.24, 2.45) is 5.92 Å². The van der Waals surface area contributed by atoms with Crippen LogP contribution in [0.4, 0.5) is 0 Å². The van der Waals surface area contributed by atoms with Gasteiger partial charge in [-0.1, -0.05) is 24.3 Å². The fourth-order valence-electron chi connectivity index (χ4n) is 5.48. The van der Waals surface area contributed by atoms with Gasteiger partial charge in [0.25, 0.3) is 5.56 Å². The highest BCUT2D eigenvalue weighted by Crippen LogP contribution is 2.35. The number of ether oxygens (including phenoxy) is 1. The van der Waals surface area contributed by atoms with Gasteiger partial charge in [-0.25, -0.2) is 0 Å². The van der Waals surface area contributed by atoms with Gasteiger partial charge >= 0.3 is 0 Å². The summed E-state index contributed by atoms with van der Waals surface area (Å²) in [5.74, 6) is 1.54. The number of hydrogen-bond donors (Lipinski definition) is 1. The molecule has 6 heteroatoms. The van der Waals surface area contributed by atoms with Gasteiger partial charge in [-0.2, -0.15) is 0 Å².